The highest BCUT2D eigenvalue weighted by molar-refractivity contribution is 5.81. The summed E-state index contributed by atoms with van der Waals surface area (Å²) in [5, 5.41) is 11.5. The van der Waals surface area contributed by atoms with E-state index in [9.17, 15) is 4.79 Å². The Morgan fingerprint density at radius 1 is 1.10 bits per heavy atom. The van der Waals surface area contributed by atoms with Gasteiger partial charge in [-0.15, -0.1) is 0 Å². The van der Waals surface area contributed by atoms with E-state index >= 15 is 0 Å². The molecule has 106 valence electrons. The van der Waals surface area contributed by atoms with E-state index < -0.39 is 6.04 Å². The van der Waals surface area contributed by atoms with Crippen molar-refractivity contribution in [2.24, 2.45) is 5.73 Å². The number of hydrogen-bond acceptors (Lipinski definition) is 3. The normalized spacial score (nSPS) is 11.4. The third kappa shape index (κ3) is 4.44. The van der Waals surface area contributed by atoms with Gasteiger partial charge < -0.3 is 11.1 Å². The molecule has 2 aromatic carbocycles. The summed E-state index contributed by atoms with van der Waals surface area (Å²) in [5.41, 5.74) is 8.49. The lowest BCUT2D eigenvalue weighted by Crippen LogP contribution is -2.41. The van der Waals surface area contributed by atoms with E-state index in [2.05, 4.69) is 11.4 Å². The van der Waals surface area contributed by atoms with Crippen molar-refractivity contribution in [2.75, 3.05) is 0 Å². The highest BCUT2D eigenvalue weighted by atomic mass is 16.2. The van der Waals surface area contributed by atoms with E-state index in [-0.39, 0.29) is 5.91 Å². The van der Waals surface area contributed by atoms with Crippen LogP contribution in [0.4, 0.5) is 0 Å². The van der Waals surface area contributed by atoms with Crippen LogP contribution in [0, 0.1) is 11.3 Å². The van der Waals surface area contributed by atoms with Crippen molar-refractivity contribution < 1.29 is 4.79 Å². The molecule has 4 nitrogen and oxygen atoms in total. The van der Waals surface area contributed by atoms with E-state index in [0.29, 0.717) is 18.5 Å². The molecule has 0 fully saturated rings. The Hall–Kier alpha value is -2.64. The molecule has 0 heterocycles. The number of nitrogens with two attached hydrogens (primary N) is 1. The summed E-state index contributed by atoms with van der Waals surface area (Å²) in [7, 11) is 0. The number of nitrogens with one attached hydrogen (secondary N) is 1. The van der Waals surface area contributed by atoms with E-state index in [4.69, 9.17) is 11.0 Å². The molecule has 2 rings (SSSR count). The third-order valence-corrected chi connectivity index (χ3v) is 3.18. The first-order chi connectivity index (χ1) is 10.2. The summed E-state index contributed by atoms with van der Waals surface area (Å²) < 4.78 is 0. The number of benzene rings is 2. The Kier molecular flexibility index (Phi) is 5.08. The van der Waals surface area contributed by atoms with Crippen LogP contribution in [0.2, 0.25) is 0 Å². The highest BCUT2D eigenvalue weighted by Crippen LogP contribution is 2.04. The molecule has 1 atom stereocenters. The molecule has 2 aromatic rings. The smallest absolute Gasteiger partial charge is 0.237 e. The fourth-order valence-corrected chi connectivity index (χ4v) is 1.98. The van der Waals surface area contributed by atoms with E-state index in [1.165, 1.54) is 0 Å². The molecule has 0 spiro atoms. The summed E-state index contributed by atoms with van der Waals surface area (Å²) in [6, 6.07) is 18.3. The number of carbonyl (C=O) groups excluding carboxylic acids is 1. The topological polar surface area (TPSA) is 78.9 Å². The number of rotatable bonds is 5. The van der Waals surface area contributed by atoms with Gasteiger partial charge in [0.1, 0.15) is 0 Å². The number of hydrogen-bond donors (Lipinski definition) is 2. The molecule has 0 bridgehead atoms. The first-order valence-corrected chi connectivity index (χ1v) is 6.75. The standard InChI is InChI=1S/C17H17N3O/c18-11-14-6-8-15(9-7-14)12-20-17(21)16(19)10-13-4-2-1-3-5-13/h1-9,16H,10,12,19H2,(H,20,21). The molecule has 21 heavy (non-hydrogen) atoms. The van der Waals surface area contributed by atoms with E-state index in [1.54, 1.807) is 12.1 Å². The minimum atomic E-state index is -0.564. The predicted octanol–water partition coefficient (Wildman–Crippen LogP) is 1.74. The zero-order chi connectivity index (χ0) is 15.1. The molecule has 3 N–H and O–H groups in total. The van der Waals surface area contributed by atoms with E-state index in [1.807, 2.05) is 42.5 Å². The minimum absolute atomic E-state index is 0.178. The van der Waals surface area contributed by atoms with Gasteiger partial charge in [0.2, 0.25) is 5.91 Å². The lowest BCUT2D eigenvalue weighted by molar-refractivity contribution is -0.122. The largest absolute Gasteiger partial charge is 0.351 e. The zero-order valence-corrected chi connectivity index (χ0v) is 11.6. The highest BCUT2D eigenvalue weighted by Gasteiger charge is 2.13. The Bertz CT molecular complexity index is 629. The van der Waals surface area contributed by atoms with Crippen molar-refractivity contribution in [1.29, 1.82) is 5.26 Å². The van der Waals surface area contributed by atoms with Gasteiger partial charge in [0.25, 0.3) is 0 Å². The Morgan fingerprint density at radius 2 is 1.76 bits per heavy atom. The number of nitriles is 1. The lowest BCUT2D eigenvalue weighted by Gasteiger charge is -2.12. The van der Waals surface area contributed by atoms with Crippen LogP contribution in [0.25, 0.3) is 0 Å². The maximum absolute atomic E-state index is 12.0. The average molecular weight is 279 g/mol. The van der Waals surface area contributed by atoms with Gasteiger partial charge >= 0.3 is 0 Å². The van der Waals surface area contributed by atoms with Crippen LogP contribution in [0.5, 0.6) is 0 Å². The molecule has 0 aliphatic rings. The van der Waals surface area contributed by atoms with Crippen molar-refractivity contribution in [2.45, 2.75) is 19.0 Å². The van der Waals surface area contributed by atoms with Crippen molar-refractivity contribution in [3.8, 4) is 6.07 Å². The molecule has 0 saturated carbocycles. The minimum Gasteiger partial charge on any atom is -0.351 e. The van der Waals surface area contributed by atoms with Crippen molar-refractivity contribution >= 4 is 5.91 Å². The fraction of sp³-hybridized carbons (Fsp3) is 0.176. The van der Waals surface area contributed by atoms with Gasteiger partial charge in [-0.25, -0.2) is 0 Å². The summed E-state index contributed by atoms with van der Waals surface area (Å²) in [6.45, 7) is 0.410. The van der Waals surface area contributed by atoms with Crippen LogP contribution in [0.3, 0.4) is 0 Å². The SMILES string of the molecule is N#Cc1ccc(CNC(=O)C(N)Cc2ccccc2)cc1. The quantitative estimate of drug-likeness (QED) is 0.875. The van der Waals surface area contributed by atoms with Gasteiger partial charge in [0.05, 0.1) is 17.7 Å². The maximum atomic E-state index is 12.0. The summed E-state index contributed by atoms with van der Waals surface area (Å²) in [5.74, 6) is -0.178. The van der Waals surface area contributed by atoms with Crippen LogP contribution in [0.15, 0.2) is 54.6 Å². The van der Waals surface area contributed by atoms with Crippen LogP contribution >= 0.6 is 0 Å². The van der Waals surface area contributed by atoms with Gasteiger partial charge in [-0.3, -0.25) is 4.79 Å². The van der Waals surface area contributed by atoms with E-state index in [0.717, 1.165) is 11.1 Å². The van der Waals surface area contributed by atoms with Gasteiger partial charge in [-0.1, -0.05) is 42.5 Å². The van der Waals surface area contributed by atoms with Gasteiger partial charge in [-0.05, 0) is 29.7 Å². The third-order valence-electron chi connectivity index (χ3n) is 3.18. The first-order valence-electron chi connectivity index (χ1n) is 6.75. The first kappa shape index (κ1) is 14.8. The second-order valence-corrected chi connectivity index (χ2v) is 4.82. The van der Waals surface area contributed by atoms with Crippen LogP contribution < -0.4 is 11.1 Å². The Balaban J connectivity index is 1.84. The Morgan fingerprint density at radius 3 is 2.38 bits per heavy atom. The lowest BCUT2D eigenvalue weighted by atomic mass is 10.1. The molecule has 0 aliphatic carbocycles. The van der Waals surface area contributed by atoms with Crippen LogP contribution in [0.1, 0.15) is 16.7 Å². The molecule has 0 radical (unpaired) electrons. The van der Waals surface area contributed by atoms with Crippen molar-refractivity contribution in [3.05, 3.63) is 71.3 Å². The molecular weight excluding hydrogens is 262 g/mol. The predicted molar refractivity (Wildman–Crippen MR) is 81.1 cm³/mol. The average Bonchev–Trinajstić information content (AvgIpc) is 2.54. The monoisotopic (exact) mass is 279 g/mol. The zero-order valence-electron chi connectivity index (χ0n) is 11.6. The number of carbonyl (C=O) groups is 1. The van der Waals surface area contributed by atoms with Crippen LogP contribution in [-0.2, 0) is 17.8 Å². The Labute approximate surface area is 124 Å². The molecule has 0 aromatic heterocycles. The molecule has 0 saturated heterocycles. The number of amides is 1. The van der Waals surface area contributed by atoms with Crippen molar-refractivity contribution in [3.63, 3.8) is 0 Å². The molecule has 1 unspecified atom stereocenters. The molecule has 1 amide bonds. The van der Waals surface area contributed by atoms with Gasteiger partial charge in [-0.2, -0.15) is 5.26 Å². The van der Waals surface area contributed by atoms with Gasteiger partial charge in [0, 0.05) is 6.54 Å². The maximum Gasteiger partial charge on any atom is 0.237 e. The van der Waals surface area contributed by atoms with Crippen molar-refractivity contribution in [1.82, 2.24) is 5.32 Å². The molecule has 4 heteroatoms. The summed E-state index contributed by atoms with van der Waals surface area (Å²) >= 11 is 0. The summed E-state index contributed by atoms with van der Waals surface area (Å²) in [6.07, 6.45) is 0.514. The fourth-order valence-electron chi connectivity index (χ4n) is 1.98. The molecular formula is C17H17N3O. The second-order valence-electron chi connectivity index (χ2n) is 4.82. The number of nitrogens with zero attached hydrogens (tertiary/aromatic N) is 1. The van der Waals surface area contributed by atoms with Gasteiger partial charge in [0.15, 0.2) is 0 Å². The second kappa shape index (κ2) is 7.22. The molecule has 0 aliphatic heterocycles. The van der Waals surface area contributed by atoms with Crippen LogP contribution in [-0.4, -0.2) is 11.9 Å². The summed E-state index contributed by atoms with van der Waals surface area (Å²) in [4.78, 5) is 12.0.